The molecule has 0 bridgehead atoms. The van der Waals surface area contributed by atoms with E-state index in [9.17, 15) is 4.79 Å². The van der Waals surface area contributed by atoms with Crippen LogP contribution in [0.5, 0.6) is 0 Å². The van der Waals surface area contributed by atoms with Gasteiger partial charge in [-0.1, -0.05) is 11.6 Å². The smallest absolute Gasteiger partial charge is 0.198 e. The Morgan fingerprint density at radius 3 is 2.45 bits per heavy atom. The van der Waals surface area contributed by atoms with Crippen LogP contribution in [0.2, 0.25) is 5.15 Å². The third kappa shape index (κ3) is 3.51. The fraction of sp³-hybridized carbons (Fsp3) is 0.0833. The van der Waals surface area contributed by atoms with E-state index in [0.717, 1.165) is 28.1 Å². The number of hydrogen-bond donors (Lipinski definition) is 1. The summed E-state index contributed by atoms with van der Waals surface area (Å²) in [5.41, 5.74) is 4.64. The molecule has 152 valence electrons. The fourth-order valence-corrected chi connectivity index (χ4v) is 3.90. The molecule has 5 heterocycles. The first-order valence-corrected chi connectivity index (χ1v) is 10.1. The minimum absolute atomic E-state index is 0.118. The molecule has 0 aliphatic heterocycles. The molecule has 0 atom stereocenters. The fourth-order valence-electron chi connectivity index (χ4n) is 3.65. The highest BCUT2D eigenvalue weighted by Gasteiger charge is 2.18. The number of nitrogens with one attached hydrogen (secondary N) is 1. The van der Waals surface area contributed by atoms with Crippen molar-refractivity contribution in [2.24, 2.45) is 0 Å². The van der Waals surface area contributed by atoms with Gasteiger partial charge < -0.3 is 9.40 Å². The molecular weight excluding hydrogens is 412 g/mol. The van der Waals surface area contributed by atoms with Gasteiger partial charge in [0, 0.05) is 35.4 Å². The van der Waals surface area contributed by atoms with Crippen LogP contribution in [0.1, 0.15) is 11.5 Å². The number of aryl methyl sites for hydroxylation is 2. The number of aromatic amines is 1. The SMILES string of the molecule is Cc1cc(-c2cc3c(=O)c(-c4ccncc4)c[nH]c3nc2-c2ccc(C)o2)cc(Cl)n1. The Hall–Kier alpha value is -3.77. The minimum Gasteiger partial charge on any atom is -0.460 e. The summed E-state index contributed by atoms with van der Waals surface area (Å²) in [5, 5.41) is 0.845. The molecule has 5 rings (SSSR count). The topological polar surface area (TPSA) is 84.7 Å². The Kier molecular flexibility index (Phi) is 4.64. The Morgan fingerprint density at radius 1 is 0.935 bits per heavy atom. The molecule has 0 saturated carbocycles. The Labute approximate surface area is 182 Å². The summed E-state index contributed by atoms with van der Waals surface area (Å²) in [6.07, 6.45) is 5.00. The molecule has 0 aliphatic carbocycles. The van der Waals surface area contributed by atoms with E-state index in [4.69, 9.17) is 21.0 Å². The molecule has 31 heavy (non-hydrogen) atoms. The number of H-pyrrole nitrogens is 1. The lowest BCUT2D eigenvalue weighted by Gasteiger charge is -2.11. The average molecular weight is 429 g/mol. The summed E-state index contributed by atoms with van der Waals surface area (Å²) in [7, 11) is 0. The number of pyridine rings is 4. The zero-order valence-corrected chi connectivity index (χ0v) is 17.6. The average Bonchev–Trinajstić information content (AvgIpc) is 3.19. The Balaban J connectivity index is 1.83. The number of rotatable bonds is 3. The van der Waals surface area contributed by atoms with Gasteiger partial charge in [-0.2, -0.15) is 0 Å². The molecule has 0 aliphatic rings. The van der Waals surface area contributed by atoms with E-state index >= 15 is 0 Å². The summed E-state index contributed by atoms with van der Waals surface area (Å²) < 4.78 is 5.85. The lowest BCUT2D eigenvalue weighted by molar-refractivity contribution is 0.547. The second kappa shape index (κ2) is 7.49. The van der Waals surface area contributed by atoms with Crippen molar-refractivity contribution in [3.05, 3.63) is 87.9 Å². The van der Waals surface area contributed by atoms with E-state index in [-0.39, 0.29) is 5.43 Å². The summed E-state index contributed by atoms with van der Waals surface area (Å²) >= 11 is 6.23. The highest BCUT2D eigenvalue weighted by atomic mass is 35.5. The normalized spacial score (nSPS) is 11.2. The summed E-state index contributed by atoms with van der Waals surface area (Å²) in [4.78, 5) is 29.6. The molecule has 0 unspecified atom stereocenters. The van der Waals surface area contributed by atoms with E-state index in [1.807, 2.05) is 38.1 Å². The van der Waals surface area contributed by atoms with Crippen LogP contribution in [0.3, 0.4) is 0 Å². The third-order valence-corrected chi connectivity index (χ3v) is 5.26. The molecule has 0 aromatic carbocycles. The molecule has 0 radical (unpaired) electrons. The van der Waals surface area contributed by atoms with Crippen molar-refractivity contribution in [2.45, 2.75) is 13.8 Å². The van der Waals surface area contributed by atoms with Crippen LogP contribution >= 0.6 is 11.6 Å². The van der Waals surface area contributed by atoms with Gasteiger partial charge in [0.2, 0.25) is 0 Å². The number of hydrogen-bond acceptors (Lipinski definition) is 5. The molecule has 0 spiro atoms. The summed E-state index contributed by atoms with van der Waals surface area (Å²) in [5.74, 6) is 1.38. The predicted molar refractivity (Wildman–Crippen MR) is 121 cm³/mol. The number of nitrogens with zero attached hydrogens (tertiary/aromatic N) is 3. The van der Waals surface area contributed by atoms with Gasteiger partial charge in [0.25, 0.3) is 0 Å². The van der Waals surface area contributed by atoms with E-state index in [1.165, 1.54) is 0 Å². The third-order valence-electron chi connectivity index (χ3n) is 5.06. The van der Waals surface area contributed by atoms with Gasteiger partial charge in [-0.25, -0.2) is 9.97 Å². The standard InChI is InChI=1S/C24H17ClN4O2/c1-13-9-16(10-21(25)28-13)17-11-18-23(30)19(15-5-7-26-8-6-15)12-27-24(18)29-22(17)20-4-3-14(2)31-20/h3-12H,1-2H3,(H,27,29,30). The lowest BCUT2D eigenvalue weighted by Crippen LogP contribution is -2.08. The van der Waals surface area contributed by atoms with Crippen molar-refractivity contribution < 1.29 is 4.42 Å². The van der Waals surface area contributed by atoms with Crippen molar-refractivity contribution in [1.82, 2.24) is 19.9 Å². The zero-order valence-electron chi connectivity index (χ0n) is 16.8. The maximum Gasteiger partial charge on any atom is 0.198 e. The van der Waals surface area contributed by atoms with Crippen molar-refractivity contribution in [1.29, 1.82) is 0 Å². The number of fused-ring (bicyclic) bond motifs is 1. The van der Waals surface area contributed by atoms with Gasteiger partial charge in [0.15, 0.2) is 11.2 Å². The van der Waals surface area contributed by atoms with Crippen LogP contribution in [0.4, 0.5) is 0 Å². The monoisotopic (exact) mass is 428 g/mol. The first kappa shape index (κ1) is 19.2. The number of halogens is 1. The number of furan rings is 1. The maximum atomic E-state index is 13.4. The Bertz CT molecular complexity index is 1470. The Morgan fingerprint density at radius 2 is 1.74 bits per heavy atom. The minimum atomic E-state index is -0.118. The van der Waals surface area contributed by atoms with Crippen LogP contribution < -0.4 is 5.43 Å². The molecule has 0 saturated heterocycles. The first-order valence-electron chi connectivity index (χ1n) is 9.68. The molecular formula is C24H17ClN4O2. The van der Waals surface area contributed by atoms with Crippen molar-refractivity contribution in [3.63, 3.8) is 0 Å². The first-order chi connectivity index (χ1) is 15.0. The quantitative estimate of drug-likeness (QED) is 0.379. The van der Waals surface area contributed by atoms with Gasteiger partial charge in [-0.15, -0.1) is 0 Å². The molecule has 1 N–H and O–H groups in total. The second-order valence-electron chi connectivity index (χ2n) is 7.28. The number of aromatic nitrogens is 4. The van der Waals surface area contributed by atoms with Crippen LogP contribution in [-0.2, 0) is 0 Å². The van der Waals surface area contributed by atoms with E-state index in [1.54, 1.807) is 36.8 Å². The highest BCUT2D eigenvalue weighted by Crippen LogP contribution is 2.34. The lowest BCUT2D eigenvalue weighted by atomic mass is 10.00. The van der Waals surface area contributed by atoms with Gasteiger partial charge in [-0.3, -0.25) is 9.78 Å². The summed E-state index contributed by atoms with van der Waals surface area (Å²) in [6.45, 7) is 3.75. The van der Waals surface area contributed by atoms with Crippen LogP contribution in [0, 0.1) is 13.8 Å². The van der Waals surface area contributed by atoms with Crippen molar-refractivity contribution >= 4 is 22.6 Å². The van der Waals surface area contributed by atoms with Crippen molar-refractivity contribution in [3.8, 4) is 33.7 Å². The van der Waals surface area contributed by atoms with Crippen molar-refractivity contribution in [2.75, 3.05) is 0 Å². The van der Waals surface area contributed by atoms with E-state index < -0.39 is 0 Å². The second-order valence-corrected chi connectivity index (χ2v) is 7.67. The predicted octanol–water partition coefficient (Wildman–Crippen LogP) is 5.58. The molecule has 7 heteroatoms. The highest BCUT2D eigenvalue weighted by molar-refractivity contribution is 6.29. The van der Waals surface area contributed by atoms with Crippen LogP contribution in [0.25, 0.3) is 44.7 Å². The van der Waals surface area contributed by atoms with Gasteiger partial charge in [0.05, 0.1) is 5.39 Å². The van der Waals surface area contributed by atoms with E-state index in [2.05, 4.69) is 15.0 Å². The summed E-state index contributed by atoms with van der Waals surface area (Å²) in [6, 6.07) is 12.9. The molecule has 6 nitrogen and oxygen atoms in total. The molecule has 0 amide bonds. The van der Waals surface area contributed by atoms with Crippen LogP contribution in [-0.4, -0.2) is 19.9 Å². The van der Waals surface area contributed by atoms with Crippen LogP contribution in [0.15, 0.2) is 70.3 Å². The van der Waals surface area contributed by atoms with Gasteiger partial charge in [0.1, 0.15) is 22.3 Å². The maximum absolute atomic E-state index is 13.4. The van der Waals surface area contributed by atoms with E-state index in [0.29, 0.717) is 33.2 Å². The molecule has 0 fully saturated rings. The molecule has 5 aromatic heterocycles. The van der Waals surface area contributed by atoms with Gasteiger partial charge >= 0.3 is 0 Å². The van der Waals surface area contributed by atoms with Gasteiger partial charge in [-0.05, 0) is 67.4 Å². The zero-order chi connectivity index (χ0) is 21.5. The largest absolute Gasteiger partial charge is 0.460 e. The molecule has 5 aromatic rings.